The lowest BCUT2D eigenvalue weighted by molar-refractivity contribution is 0.169. The zero-order chi connectivity index (χ0) is 8.81. The van der Waals surface area contributed by atoms with Gasteiger partial charge < -0.3 is 10.8 Å². The summed E-state index contributed by atoms with van der Waals surface area (Å²) in [7, 11) is 0. The highest BCUT2D eigenvalue weighted by molar-refractivity contribution is 5.14. The van der Waals surface area contributed by atoms with Crippen LogP contribution >= 0.6 is 0 Å². The van der Waals surface area contributed by atoms with Crippen LogP contribution in [0.5, 0.6) is 0 Å². The Morgan fingerprint density at radius 2 is 1.92 bits per heavy atom. The monoisotopic (exact) mass is 165 g/mol. The smallest absolute Gasteiger partial charge is 0.102 e. The molecule has 0 aliphatic rings. The van der Waals surface area contributed by atoms with Gasteiger partial charge in [0.1, 0.15) is 6.23 Å². The summed E-state index contributed by atoms with van der Waals surface area (Å²) in [6.45, 7) is 0. The third-order valence-corrected chi connectivity index (χ3v) is 1.81. The largest absolute Gasteiger partial charge is 0.379 e. The number of hydrogen-bond acceptors (Lipinski definition) is 2. The number of nitrogens with two attached hydrogens (primary N) is 1. The standard InChI is InChI=1S/C10H15NO/c11-10(12)8-4-7-9-5-2-1-3-6-9/h1-3,5-6,10,12H,4,7-8,11H2/t10-/m0/s1. The Labute approximate surface area is 73.0 Å². The van der Waals surface area contributed by atoms with Gasteiger partial charge in [0.2, 0.25) is 0 Å². The minimum Gasteiger partial charge on any atom is -0.379 e. The van der Waals surface area contributed by atoms with Gasteiger partial charge >= 0.3 is 0 Å². The Balaban J connectivity index is 2.25. The zero-order valence-electron chi connectivity index (χ0n) is 7.11. The molecule has 0 bridgehead atoms. The molecule has 0 unspecified atom stereocenters. The van der Waals surface area contributed by atoms with Crippen LogP contribution in [0.15, 0.2) is 30.3 Å². The molecule has 0 saturated carbocycles. The van der Waals surface area contributed by atoms with Crippen molar-refractivity contribution < 1.29 is 5.11 Å². The van der Waals surface area contributed by atoms with Crippen LogP contribution in [0, 0.1) is 0 Å². The van der Waals surface area contributed by atoms with Gasteiger partial charge in [0.05, 0.1) is 0 Å². The number of benzene rings is 1. The topological polar surface area (TPSA) is 46.2 Å². The van der Waals surface area contributed by atoms with Crippen molar-refractivity contribution in [3.05, 3.63) is 35.9 Å². The van der Waals surface area contributed by atoms with Crippen molar-refractivity contribution >= 4 is 0 Å². The molecular formula is C10H15NO. The van der Waals surface area contributed by atoms with Crippen molar-refractivity contribution in [2.24, 2.45) is 5.73 Å². The van der Waals surface area contributed by atoms with E-state index in [0.717, 1.165) is 12.8 Å². The van der Waals surface area contributed by atoms with E-state index in [2.05, 4.69) is 12.1 Å². The molecule has 1 atom stereocenters. The van der Waals surface area contributed by atoms with Crippen LogP contribution in [0.1, 0.15) is 18.4 Å². The molecule has 1 rings (SSSR count). The Morgan fingerprint density at radius 1 is 1.25 bits per heavy atom. The minimum absolute atomic E-state index is 0.659. The van der Waals surface area contributed by atoms with E-state index in [0.29, 0.717) is 6.42 Å². The summed E-state index contributed by atoms with van der Waals surface area (Å²) < 4.78 is 0. The predicted octanol–water partition coefficient (Wildman–Crippen LogP) is 1.29. The first-order valence-corrected chi connectivity index (χ1v) is 4.26. The maximum atomic E-state index is 8.81. The van der Waals surface area contributed by atoms with Gasteiger partial charge in [0.15, 0.2) is 0 Å². The van der Waals surface area contributed by atoms with E-state index in [4.69, 9.17) is 10.8 Å². The maximum Gasteiger partial charge on any atom is 0.102 e. The predicted molar refractivity (Wildman–Crippen MR) is 49.6 cm³/mol. The molecule has 0 spiro atoms. The van der Waals surface area contributed by atoms with Crippen molar-refractivity contribution in [2.45, 2.75) is 25.5 Å². The fraction of sp³-hybridized carbons (Fsp3) is 0.400. The number of aryl methyl sites for hydroxylation is 1. The van der Waals surface area contributed by atoms with E-state index in [-0.39, 0.29) is 0 Å². The van der Waals surface area contributed by atoms with Crippen molar-refractivity contribution in [3.8, 4) is 0 Å². The van der Waals surface area contributed by atoms with Gasteiger partial charge in [-0.05, 0) is 24.8 Å². The lowest BCUT2D eigenvalue weighted by Gasteiger charge is -2.03. The fourth-order valence-corrected chi connectivity index (χ4v) is 1.16. The fourth-order valence-electron chi connectivity index (χ4n) is 1.16. The molecule has 0 fully saturated rings. The first-order chi connectivity index (χ1) is 5.79. The van der Waals surface area contributed by atoms with Crippen LogP contribution in [0.25, 0.3) is 0 Å². The molecule has 0 saturated heterocycles. The van der Waals surface area contributed by atoms with Crippen LogP contribution in [-0.2, 0) is 6.42 Å². The van der Waals surface area contributed by atoms with Gasteiger partial charge in [0.25, 0.3) is 0 Å². The third-order valence-electron chi connectivity index (χ3n) is 1.81. The van der Waals surface area contributed by atoms with Crippen LogP contribution < -0.4 is 5.73 Å². The third kappa shape index (κ3) is 3.51. The Bertz CT molecular complexity index is 208. The van der Waals surface area contributed by atoms with Crippen molar-refractivity contribution in [3.63, 3.8) is 0 Å². The van der Waals surface area contributed by atoms with Gasteiger partial charge in [0, 0.05) is 0 Å². The average Bonchev–Trinajstić information content (AvgIpc) is 2.05. The van der Waals surface area contributed by atoms with Gasteiger partial charge in [-0.2, -0.15) is 0 Å². The van der Waals surface area contributed by atoms with Crippen LogP contribution in [0.4, 0.5) is 0 Å². The number of hydrogen-bond donors (Lipinski definition) is 2. The van der Waals surface area contributed by atoms with E-state index < -0.39 is 6.23 Å². The lowest BCUT2D eigenvalue weighted by atomic mass is 10.1. The highest BCUT2D eigenvalue weighted by atomic mass is 16.3. The van der Waals surface area contributed by atoms with Crippen molar-refractivity contribution in [2.75, 3.05) is 0 Å². The van der Waals surface area contributed by atoms with Crippen molar-refractivity contribution in [1.82, 2.24) is 0 Å². The summed E-state index contributed by atoms with van der Waals surface area (Å²) in [6.07, 6.45) is 1.96. The molecule has 66 valence electrons. The minimum atomic E-state index is -0.659. The zero-order valence-corrected chi connectivity index (χ0v) is 7.11. The summed E-state index contributed by atoms with van der Waals surface area (Å²) in [5.41, 5.74) is 6.52. The second-order valence-electron chi connectivity index (χ2n) is 2.95. The molecule has 2 heteroatoms. The Hall–Kier alpha value is -0.860. The molecule has 0 aliphatic heterocycles. The second kappa shape index (κ2) is 4.91. The summed E-state index contributed by atoms with van der Waals surface area (Å²) in [5, 5.41) is 8.81. The van der Waals surface area contributed by atoms with E-state index >= 15 is 0 Å². The number of aliphatic hydroxyl groups is 1. The molecule has 1 aromatic rings. The van der Waals surface area contributed by atoms with Crippen LogP contribution in [-0.4, -0.2) is 11.3 Å². The van der Waals surface area contributed by atoms with Gasteiger partial charge in [-0.3, -0.25) is 0 Å². The first kappa shape index (κ1) is 9.23. The van der Waals surface area contributed by atoms with Gasteiger partial charge in [-0.15, -0.1) is 0 Å². The Kier molecular flexibility index (Phi) is 3.77. The average molecular weight is 165 g/mol. The molecule has 1 aromatic carbocycles. The van der Waals surface area contributed by atoms with Gasteiger partial charge in [-0.1, -0.05) is 30.3 Å². The van der Waals surface area contributed by atoms with Crippen molar-refractivity contribution in [1.29, 1.82) is 0 Å². The SMILES string of the molecule is N[C@@H](O)CCCc1ccccc1. The summed E-state index contributed by atoms with van der Waals surface area (Å²) in [5.74, 6) is 0. The molecule has 0 heterocycles. The highest BCUT2D eigenvalue weighted by Gasteiger charge is 1.96. The molecule has 0 aliphatic carbocycles. The first-order valence-electron chi connectivity index (χ1n) is 4.26. The summed E-state index contributed by atoms with van der Waals surface area (Å²) >= 11 is 0. The maximum absolute atomic E-state index is 8.81. The Morgan fingerprint density at radius 3 is 2.50 bits per heavy atom. The van der Waals surface area contributed by atoms with Gasteiger partial charge in [-0.25, -0.2) is 0 Å². The highest BCUT2D eigenvalue weighted by Crippen LogP contribution is 2.04. The summed E-state index contributed by atoms with van der Waals surface area (Å²) in [4.78, 5) is 0. The summed E-state index contributed by atoms with van der Waals surface area (Å²) in [6, 6.07) is 10.2. The van der Waals surface area contributed by atoms with E-state index in [9.17, 15) is 0 Å². The number of rotatable bonds is 4. The van der Waals surface area contributed by atoms with E-state index in [1.165, 1.54) is 5.56 Å². The quantitative estimate of drug-likeness (QED) is 0.660. The molecule has 12 heavy (non-hydrogen) atoms. The molecule has 0 aromatic heterocycles. The second-order valence-corrected chi connectivity index (χ2v) is 2.95. The van der Waals surface area contributed by atoms with Crippen LogP contribution in [0.2, 0.25) is 0 Å². The molecule has 0 radical (unpaired) electrons. The molecule has 0 amide bonds. The number of aliphatic hydroxyl groups excluding tert-OH is 1. The van der Waals surface area contributed by atoms with E-state index in [1.807, 2.05) is 18.2 Å². The lowest BCUT2D eigenvalue weighted by Crippen LogP contribution is -2.18. The van der Waals surface area contributed by atoms with Crippen LogP contribution in [0.3, 0.4) is 0 Å². The normalized spacial score (nSPS) is 12.8. The molecular weight excluding hydrogens is 150 g/mol. The molecule has 2 nitrogen and oxygen atoms in total. The van der Waals surface area contributed by atoms with E-state index in [1.54, 1.807) is 0 Å². The molecule has 3 N–H and O–H groups in total.